The Labute approximate surface area is 279 Å². The van der Waals surface area contributed by atoms with Gasteiger partial charge in [0, 0.05) is 45.2 Å². The molecule has 2 bridgehead atoms. The Morgan fingerprint density at radius 2 is 1.73 bits per heavy atom. The predicted molar refractivity (Wildman–Crippen MR) is 171 cm³/mol. The Kier molecular flexibility index (Phi) is 13.9. The fourth-order valence-corrected chi connectivity index (χ4v) is 5.84. The predicted octanol–water partition coefficient (Wildman–Crippen LogP) is -0.672. The number of esters is 1. The van der Waals surface area contributed by atoms with Crippen molar-refractivity contribution in [2.24, 2.45) is 5.73 Å². The van der Waals surface area contributed by atoms with Crippen LogP contribution in [0.15, 0.2) is 60.8 Å². The molecule has 4 heterocycles. The monoisotopic (exact) mass is 679 g/mol. The normalized spacial score (nSPS) is 44.8. The van der Waals surface area contributed by atoms with Crippen LogP contribution in [0.2, 0.25) is 0 Å². The Bertz CT molecular complexity index is 1230. The molecule has 0 spiro atoms. The number of hydrogen-bond donors (Lipinski definition) is 8. The molecule has 2 amide bonds. The van der Waals surface area contributed by atoms with Crippen LogP contribution in [0.4, 0.5) is 4.79 Å². The first-order chi connectivity index (χ1) is 22.9. The largest absolute Gasteiger partial charge is 0.459 e. The molecule has 268 valence electrons. The van der Waals surface area contributed by atoms with E-state index in [0.717, 1.165) is 0 Å². The second-order valence-electron chi connectivity index (χ2n) is 12.5. The summed E-state index contributed by atoms with van der Waals surface area (Å²) in [5.74, 6) is -2.51. The Balaban J connectivity index is 1.59. The average molecular weight is 680 g/mol. The summed E-state index contributed by atoms with van der Waals surface area (Å²) in [5, 5.41) is 59.3. The number of ether oxygens (including phenoxy) is 5. The molecule has 4 aliphatic rings. The lowest BCUT2D eigenvalue weighted by atomic mass is 9.87. The van der Waals surface area contributed by atoms with Crippen LogP contribution in [0.25, 0.3) is 0 Å². The van der Waals surface area contributed by atoms with Crippen molar-refractivity contribution in [3.63, 3.8) is 0 Å². The molecule has 15 nitrogen and oxygen atoms in total. The first kappa shape index (κ1) is 37.9. The minimum absolute atomic E-state index is 0.0513. The molecular weight excluding hydrogens is 630 g/mol. The number of aliphatic hydroxyl groups excluding tert-OH is 4. The van der Waals surface area contributed by atoms with Gasteiger partial charge in [0.2, 0.25) is 0 Å². The highest BCUT2D eigenvalue weighted by atomic mass is 16.7. The number of epoxide rings is 1. The fourth-order valence-electron chi connectivity index (χ4n) is 5.84. The van der Waals surface area contributed by atoms with Crippen molar-refractivity contribution in [2.75, 3.05) is 13.7 Å². The van der Waals surface area contributed by atoms with Gasteiger partial charge in [-0.15, -0.1) is 0 Å². The Morgan fingerprint density at radius 3 is 2.48 bits per heavy atom. The molecule has 15 heteroatoms. The van der Waals surface area contributed by atoms with Gasteiger partial charge in [-0.2, -0.15) is 0 Å². The van der Waals surface area contributed by atoms with Crippen molar-refractivity contribution < 1.29 is 58.8 Å². The van der Waals surface area contributed by atoms with Crippen LogP contribution >= 0.6 is 0 Å². The van der Waals surface area contributed by atoms with Gasteiger partial charge in [-0.3, -0.25) is 0 Å². The number of fused-ring (bicyclic) bond motifs is 3. The quantitative estimate of drug-likeness (QED) is 0.137. The third-order valence-corrected chi connectivity index (χ3v) is 8.47. The zero-order valence-electron chi connectivity index (χ0n) is 27.1. The highest BCUT2D eigenvalue weighted by Crippen LogP contribution is 2.36. The number of aliphatic hydroxyl groups is 5. The van der Waals surface area contributed by atoms with Crippen molar-refractivity contribution in [1.29, 1.82) is 0 Å². The molecular formula is C33H49N3O12. The molecule has 0 aromatic carbocycles. The summed E-state index contributed by atoms with van der Waals surface area (Å²) in [6.45, 7) is 1.61. The molecule has 9 N–H and O–H groups in total. The first-order valence-corrected chi connectivity index (χ1v) is 16.2. The number of cyclic esters (lactones) is 1. The molecule has 13 atom stereocenters. The zero-order chi connectivity index (χ0) is 34.8. The third kappa shape index (κ3) is 11.3. The van der Waals surface area contributed by atoms with E-state index in [4.69, 9.17) is 29.4 Å². The van der Waals surface area contributed by atoms with Gasteiger partial charge in [-0.1, -0.05) is 48.6 Å². The van der Waals surface area contributed by atoms with Crippen molar-refractivity contribution in [2.45, 2.75) is 118 Å². The number of hydrogen-bond acceptors (Lipinski definition) is 13. The lowest BCUT2D eigenvalue weighted by molar-refractivity contribution is -0.298. The molecule has 48 heavy (non-hydrogen) atoms. The standard InChI is InChI=1S/C33H49N3O12/c1-19-10-8-6-4-3-5-7-9-11-21(46-31-30(41)28(34)23(39)18-44-31)15-26-29(36-32(42)35-2)22(38)17-33(43,48-26)16-20(37)14-25-24(47-25)12-13-27(40)45-19/h3-9,11-13,19-26,28-31,37-39,41,43H,10,14-18,34H2,1-2H3,(H2,35,36,42)/b4-3+,7-5+,8-6+,11-9+,13-12+/t19-,20+,21+,22+,23-,24-,25-,26+,28+,29-,30+,31+,33-/m1/s1. The first-order valence-electron chi connectivity index (χ1n) is 16.2. The minimum Gasteiger partial charge on any atom is -0.459 e. The number of nitrogens with two attached hydrogens (primary N) is 1. The summed E-state index contributed by atoms with van der Waals surface area (Å²) in [5.41, 5.74) is 5.94. The third-order valence-electron chi connectivity index (χ3n) is 8.47. The Hall–Kier alpha value is -2.96. The summed E-state index contributed by atoms with van der Waals surface area (Å²) >= 11 is 0. The topological polar surface area (TPSA) is 235 Å². The molecule has 0 aromatic heterocycles. The van der Waals surface area contributed by atoms with Crippen LogP contribution in [0, 0.1) is 0 Å². The maximum absolute atomic E-state index is 12.3. The number of allylic oxidation sites excluding steroid dienone is 6. The molecule has 3 saturated heterocycles. The zero-order valence-corrected chi connectivity index (χ0v) is 27.1. The lowest BCUT2D eigenvalue weighted by Crippen LogP contribution is -2.63. The summed E-state index contributed by atoms with van der Waals surface area (Å²) in [6.07, 6.45) is 7.71. The highest BCUT2D eigenvalue weighted by Gasteiger charge is 2.49. The van der Waals surface area contributed by atoms with Gasteiger partial charge in [-0.25, -0.2) is 9.59 Å². The summed E-state index contributed by atoms with van der Waals surface area (Å²) in [4.78, 5) is 24.5. The maximum Gasteiger partial charge on any atom is 0.330 e. The maximum atomic E-state index is 12.3. The van der Waals surface area contributed by atoms with Gasteiger partial charge in [0.1, 0.15) is 18.3 Å². The highest BCUT2D eigenvalue weighted by molar-refractivity contribution is 5.82. The number of carbonyl (C=O) groups is 2. The lowest BCUT2D eigenvalue weighted by Gasteiger charge is -2.46. The molecule has 3 fully saturated rings. The van der Waals surface area contributed by atoms with Crippen LogP contribution < -0.4 is 16.4 Å². The number of nitrogens with one attached hydrogen (secondary N) is 2. The van der Waals surface area contributed by atoms with Crippen LogP contribution in [0.1, 0.15) is 39.0 Å². The molecule has 4 rings (SSSR count). The summed E-state index contributed by atoms with van der Waals surface area (Å²) in [7, 11) is 1.41. The number of rotatable bonds is 3. The van der Waals surface area contributed by atoms with Crippen LogP contribution in [-0.4, -0.2) is 130 Å². The molecule has 4 aliphatic heterocycles. The number of urea groups is 1. The molecule has 0 aromatic rings. The van der Waals surface area contributed by atoms with Gasteiger partial charge >= 0.3 is 12.0 Å². The van der Waals surface area contributed by atoms with E-state index in [1.54, 1.807) is 49.5 Å². The molecule has 0 aliphatic carbocycles. The van der Waals surface area contributed by atoms with E-state index in [1.165, 1.54) is 13.1 Å². The number of carbonyl (C=O) groups excluding carboxylic acids is 2. The summed E-state index contributed by atoms with van der Waals surface area (Å²) < 4.78 is 28.7. The minimum atomic E-state index is -2.00. The van der Waals surface area contributed by atoms with E-state index in [1.807, 2.05) is 12.2 Å². The van der Waals surface area contributed by atoms with E-state index >= 15 is 0 Å². The van der Waals surface area contributed by atoms with Crippen molar-refractivity contribution in [3.8, 4) is 0 Å². The van der Waals surface area contributed by atoms with Crippen molar-refractivity contribution in [3.05, 3.63) is 60.8 Å². The van der Waals surface area contributed by atoms with E-state index in [-0.39, 0.29) is 38.4 Å². The number of amides is 2. The SMILES string of the molecule is CNC(=O)N[C@H]1[C@@H]2C[C@@H](O[C@@H]3OC[C@@H](O)[C@H](N)[C@@H]3O)/C=C/C=C/C=C/C=C/C[C@@H](C)OC(=O)/C=C/[C@H]3O[C@@H]3C[C@H](O)C[C@](O)(C[C@@H]1O)O2. The van der Waals surface area contributed by atoms with Gasteiger partial charge in [-0.05, 0) is 13.0 Å². The van der Waals surface area contributed by atoms with E-state index in [0.29, 0.717) is 6.42 Å². The average Bonchev–Trinajstić information content (AvgIpc) is 3.77. The second kappa shape index (κ2) is 17.6. The summed E-state index contributed by atoms with van der Waals surface area (Å²) in [6, 6.07) is -2.62. The second-order valence-corrected chi connectivity index (χ2v) is 12.5. The van der Waals surface area contributed by atoms with E-state index in [9.17, 15) is 35.1 Å². The van der Waals surface area contributed by atoms with Gasteiger partial charge in [0.25, 0.3) is 0 Å². The van der Waals surface area contributed by atoms with Crippen molar-refractivity contribution >= 4 is 12.0 Å². The smallest absolute Gasteiger partial charge is 0.330 e. The molecule has 0 saturated carbocycles. The van der Waals surface area contributed by atoms with Crippen LogP contribution in [0.5, 0.6) is 0 Å². The van der Waals surface area contributed by atoms with Gasteiger partial charge in [0.15, 0.2) is 12.1 Å². The molecule has 0 radical (unpaired) electrons. The van der Waals surface area contributed by atoms with Gasteiger partial charge < -0.3 is 65.6 Å². The van der Waals surface area contributed by atoms with Crippen LogP contribution in [-0.2, 0) is 28.5 Å². The fraction of sp³-hybridized carbons (Fsp3) is 0.636. The van der Waals surface area contributed by atoms with Crippen molar-refractivity contribution in [1.82, 2.24) is 10.6 Å². The van der Waals surface area contributed by atoms with Gasteiger partial charge in [0.05, 0.1) is 55.3 Å². The molecule has 0 unspecified atom stereocenters. The Morgan fingerprint density at radius 1 is 1.00 bits per heavy atom. The van der Waals surface area contributed by atoms with Crippen LogP contribution in [0.3, 0.4) is 0 Å². The van der Waals surface area contributed by atoms with E-state index in [2.05, 4.69) is 10.6 Å². The van der Waals surface area contributed by atoms with E-state index < -0.39 is 85.0 Å².